The van der Waals surface area contributed by atoms with E-state index in [-0.39, 0.29) is 0 Å². The number of halogens is 1. The van der Waals surface area contributed by atoms with Crippen LogP contribution in [-0.4, -0.2) is 14.8 Å². The van der Waals surface area contributed by atoms with Gasteiger partial charge in [0.2, 0.25) is 0 Å². The van der Waals surface area contributed by atoms with Crippen molar-refractivity contribution in [2.75, 3.05) is 0 Å². The molecule has 4 nitrogen and oxygen atoms in total. The van der Waals surface area contributed by atoms with Crippen LogP contribution in [0.1, 0.15) is 31.1 Å². The number of hydrogen-bond acceptors (Lipinski definition) is 3. The summed E-state index contributed by atoms with van der Waals surface area (Å²) in [5.41, 5.74) is 1.23. The van der Waals surface area contributed by atoms with Crippen molar-refractivity contribution >= 4 is 11.6 Å². The fourth-order valence-electron chi connectivity index (χ4n) is 1.75. The van der Waals surface area contributed by atoms with E-state index in [0.29, 0.717) is 10.6 Å². The average molecular weight is 261 g/mol. The van der Waals surface area contributed by atoms with Gasteiger partial charge in [0.25, 0.3) is 0 Å². The third kappa shape index (κ3) is 2.22. The molecule has 0 unspecified atom stereocenters. The first-order valence-electron chi connectivity index (χ1n) is 5.84. The van der Waals surface area contributed by atoms with E-state index < -0.39 is 0 Å². The van der Waals surface area contributed by atoms with E-state index in [1.165, 1.54) is 0 Å². The van der Waals surface area contributed by atoms with Gasteiger partial charge >= 0.3 is 0 Å². The van der Waals surface area contributed by atoms with Gasteiger partial charge in [0.15, 0.2) is 5.82 Å². The van der Waals surface area contributed by atoms with Crippen molar-refractivity contribution in [3.05, 3.63) is 40.4 Å². The lowest BCUT2D eigenvalue weighted by atomic mass is 10.2. The van der Waals surface area contributed by atoms with Crippen molar-refractivity contribution in [1.29, 1.82) is 5.26 Å². The largest absolute Gasteiger partial charge is 0.216 e. The summed E-state index contributed by atoms with van der Waals surface area (Å²) in [6, 6.07) is 7.34. The smallest absolute Gasteiger partial charge is 0.151 e. The SMILES string of the molecule is CCc1nc(CC)n(-c2ccc(Cl)cc2C#N)n1. The van der Waals surface area contributed by atoms with Crippen molar-refractivity contribution in [3.63, 3.8) is 0 Å². The Balaban J connectivity index is 2.61. The predicted molar refractivity (Wildman–Crippen MR) is 69.8 cm³/mol. The zero-order valence-corrected chi connectivity index (χ0v) is 11.1. The molecule has 0 aliphatic heterocycles. The van der Waals surface area contributed by atoms with Gasteiger partial charge in [0.1, 0.15) is 11.9 Å². The van der Waals surface area contributed by atoms with Crippen LogP contribution < -0.4 is 0 Å². The van der Waals surface area contributed by atoms with Crippen LogP contribution in [0.2, 0.25) is 5.02 Å². The molecule has 2 rings (SSSR count). The maximum atomic E-state index is 9.16. The maximum absolute atomic E-state index is 9.16. The summed E-state index contributed by atoms with van der Waals surface area (Å²) in [4.78, 5) is 4.43. The topological polar surface area (TPSA) is 54.5 Å². The Morgan fingerprint density at radius 3 is 2.72 bits per heavy atom. The van der Waals surface area contributed by atoms with Gasteiger partial charge in [0.05, 0.1) is 11.3 Å². The number of nitriles is 1. The molecular formula is C13H13ClN4. The molecule has 0 spiro atoms. The van der Waals surface area contributed by atoms with Crippen LogP contribution >= 0.6 is 11.6 Å². The Bertz CT molecular complexity index is 610. The van der Waals surface area contributed by atoms with E-state index in [0.717, 1.165) is 30.2 Å². The fourth-order valence-corrected chi connectivity index (χ4v) is 1.92. The van der Waals surface area contributed by atoms with Gasteiger partial charge in [-0.05, 0) is 18.2 Å². The highest BCUT2D eigenvalue weighted by atomic mass is 35.5. The van der Waals surface area contributed by atoms with Gasteiger partial charge in [-0.1, -0.05) is 25.4 Å². The fraction of sp³-hybridized carbons (Fsp3) is 0.308. The molecule has 18 heavy (non-hydrogen) atoms. The Kier molecular flexibility index (Phi) is 3.63. The lowest BCUT2D eigenvalue weighted by molar-refractivity contribution is 0.789. The average Bonchev–Trinajstić information content (AvgIpc) is 2.81. The van der Waals surface area contributed by atoms with E-state index in [1.54, 1.807) is 22.9 Å². The summed E-state index contributed by atoms with van der Waals surface area (Å²) in [5, 5.41) is 14.1. The summed E-state index contributed by atoms with van der Waals surface area (Å²) in [7, 11) is 0. The van der Waals surface area contributed by atoms with E-state index in [9.17, 15) is 0 Å². The molecule has 2 aromatic rings. The van der Waals surface area contributed by atoms with Crippen molar-refractivity contribution < 1.29 is 0 Å². The first-order chi connectivity index (χ1) is 8.69. The second-order valence-corrected chi connectivity index (χ2v) is 4.27. The summed E-state index contributed by atoms with van der Waals surface area (Å²) >= 11 is 5.89. The van der Waals surface area contributed by atoms with Crippen molar-refractivity contribution in [2.45, 2.75) is 26.7 Å². The first kappa shape index (κ1) is 12.6. The van der Waals surface area contributed by atoms with Gasteiger partial charge in [-0.2, -0.15) is 10.4 Å². The third-order valence-electron chi connectivity index (χ3n) is 2.66. The van der Waals surface area contributed by atoms with Crippen LogP contribution in [-0.2, 0) is 12.8 Å². The molecule has 92 valence electrons. The highest BCUT2D eigenvalue weighted by molar-refractivity contribution is 6.30. The molecule has 0 atom stereocenters. The highest BCUT2D eigenvalue weighted by Crippen LogP contribution is 2.20. The maximum Gasteiger partial charge on any atom is 0.151 e. The van der Waals surface area contributed by atoms with Gasteiger partial charge in [-0.25, -0.2) is 9.67 Å². The molecule has 1 heterocycles. The van der Waals surface area contributed by atoms with Crippen LogP contribution in [0.5, 0.6) is 0 Å². The second-order valence-electron chi connectivity index (χ2n) is 3.84. The number of nitrogens with zero attached hydrogens (tertiary/aromatic N) is 4. The highest BCUT2D eigenvalue weighted by Gasteiger charge is 2.12. The number of aryl methyl sites for hydroxylation is 2. The number of benzene rings is 1. The molecule has 0 N–H and O–H groups in total. The standard InChI is InChI=1S/C13H13ClN4/c1-3-12-16-13(4-2)18(17-12)11-6-5-10(14)7-9(11)8-15/h5-7H,3-4H2,1-2H3. The van der Waals surface area contributed by atoms with Gasteiger partial charge in [-0.15, -0.1) is 0 Å². The summed E-state index contributed by atoms with van der Waals surface area (Å²) in [5.74, 6) is 1.64. The molecule has 0 aliphatic rings. The van der Waals surface area contributed by atoms with Crippen molar-refractivity contribution in [3.8, 4) is 11.8 Å². The Morgan fingerprint density at radius 2 is 2.11 bits per heavy atom. The van der Waals surface area contributed by atoms with Crippen LogP contribution in [0.25, 0.3) is 5.69 Å². The number of aromatic nitrogens is 3. The zero-order valence-electron chi connectivity index (χ0n) is 10.3. The quantitative estimate of drug-likeness (QED) is 0.853. The van der Waals surface area contributed by atoms with E-state index >= 15 is 0 Å². The molecule has 5 heteroatoms. The minimum atomic E-state index is 0.504. The molecular weight excluding hydrogens is 248 g/mol. The molecule has 1 aromatic carbocycles. The molecule has 0 aliphatic carbocycles. The van der Waals surface area contributed by atoms with Crippen molar-refractivity contribution in [2.24, 2.45) is 0 Å². The molecule has 0 saturated heterocycles. The summed E-state index contributed by atoms with van der Waals surface area (Å²) in [6.45, 7) is 4.02. The molecule has 0 bridgehead atoms. The minimum absolute atomic E-state index is 0.504. The number of rotatable bonds is 3. The lowest BCUT2D eigenvalue weighted by Crippen LogP contribution is -2.04. The van der Waals surface area contributed by atoms with Gasteiger partial charge < -0.3 is 0 Å². The van der Waals surface area contributed by atoms with E-state index in [1.807, 2.05) is 13.8 Å². The number of hydrogen-bond donors (Lipinski definition) is 0. The molecule has 0 fully saturated rings. The third-order valence-corrected chi connectivity index (χ3v) is 2.89. The zero-order chi connectivity index (χ0) is 13.1. The van der Waals surface area contributed by atoms with E-state index in [4.69, 9.17) is 16.9 Å². The Morgan fingerprint density at radius 1 is 1.33 bits per heavy atom. The van der Waals surface area contributed by atoms with Crippen LogP contribution in [0, 0.1) is 11.3 Å². The van der Waals surface area contributed by atoms with Crippen LogP contribution in [0.3, 0.4) is 0 Å². The first-order valence-corrected chi connectivity index (χ1v) is 6.22. The van der Waals surface area contributed by atoms with Gasteiger partial charge in [-0.3, -0.25) is 0 Å². The normalized spacial score (nSPS) is 10.3. The van der Waals surface area contributed by atoms with Gasteiger partial charge in [0, 0.05) is 17.9 Å². The lowest BCUT2D eigenvalue weighted by Gasteiger charge is -2.06. The van der Waals surface area contributed by atoms with E-state index in [2.05, 4.69) is 16.2 Å². The molecule has 0 radical (unpaired) electrons. The Labute approximate surface area is 111 Å². The molecule has 0 saturated carbocycles. The molecule has 1 aromatic heterocycles. The Hall–Kier alpha value is -1.86. The minimum Gasteiger partial charge on any atom is -0.216 e. The predicted octanol–water partition coefficient (Wildman–Crippen LogP) is 2.92. The summed E-state index contributed by atoms with van der Waals surface area (Å²) < 4.78 is 1.73. The van der Waals surface area contributed by atoms with Crippen LogP contribution in [0.4, 0.5) is 0 Å². The van der Waals surface area contributed by atoms with Crippen molar-refractivity contribution in [1.82, 2.24) is 14.8 Å². The summed E-state index contributed by atoms with van der Waals surface area (Å²) in [6.07, 6.45) is 1.54. The second kappa shape index (κ2) is 5.19. The molecule has 0 amide bonds. The van der Waals surface area contributed by atoms with Crippen LogP contribution in [0.15, 0.2) is 18.2 Å². The monoisotopic (exact) mass is 260 g/mol.